The Bertz CT molecular complexity index is 569. The number of Topliss-reactive ketones (excluding diaryl/α,β-unsaturated/α-hetero) is 1. The van der Waals surface area contributed by atoms with Crippen molar-refractivity contribution in [1.82, 2.24) is 4.98 Å². The molecular weight excluding hydrogens is 206 g/mol. The molecule has 1 N–H and O–H groups in total. The number of fused-ring (bicyclic) bond motifs is 1. The van der Waals surface area contributed by atoms with Crippen LogP contribution in [-0.4, -0.2) is 16.7 Å². The summed E-state index contributed by atoms with van der Waals surface area (Å²) in [4.78, 5) is 24.9. The first-order chi connectivity index (χ1) is 7.59. The van der Waals surface area contributed by atoms with Crippen molar-refractivity contribution in [3.05, 3.63) is 29.8 Å². The van der Waals surface area contributed by atoms with E-state index < -0.39 is 11.8 Å². The number of H-pyrrole nitrogens is 1. The summed E-state index contributed by atoms with van der Waals surface area (Å²) in [5.74, 6) is -1.13. The highest BCUT2D eigenvalue weighted by Gasteiger charge is 2.15. The van der Waals surface area contributed by atoms with E-state index in [1.165, 1.54) is 6.92 Å². The van der Waals surface area contributed by atoms with E-state index in [1.807, 2.05) is 31.2 Å². The molecule has 0 fully saturated rings. The smallest absolute Gasteiger partial charge is 0.380 e. The first kappa shape index (κ1) is 10.4. The van der Waals surface area contributed by atoms with Crippen LogP contribution in [0.4, 0.5) is 0 Å². The molecule has 82 valence electrons. The minimum absolute atomic E-state index is 0.335. The molecule has 0 bridgehead atoms. The number of carbonyl (C=O) groups is 2. The molecule has 0 unspecified atom stereocenters. The van der Waals surface area contributed by atoms with Crippen LogP contribution in [0.3, 0.4) is 0 Å². The first-order valence-electron chi connectivity index (χ1n) is 4.89. The zero-order valence-electron chi connectivity index (χ0n) is 9.03. The lowest BCUT2D eigenvalue weighted by molar-refractivity contribution is -0.146. The van der Waals surface area contributed by atoms with Crippen molar-refractivity contribution in [2.45, 2.75) is 13.8 Å². The van der Waals surface area contributed by atoms with E-state index >= 15 is 0 Å². The molecule has 1 aromatic heterocycles. The SMILES string of the molecule is CC(=O)C(=O)Oc1[nH]c2ccccc2c1C. The number of nitrogens with one attached hydrogen (secondary N) is 1. The maximum absolute atomic E-state index is 11.1. The molecule has 16 heavy (non-hydrogen) atoms. The molecule has 0 aliphatic heterocycles. The Morgan fingerprint density at radius 1 is 1.25 bits per heavy atom. The van der Waals surface area contributed by atoms with Crippen LogP contribution in [-0.2, 0) is 9.59 Å². The van der Waals surface area contributed by atoms with E-state index in [2.05, 4.69) is 4.98 Å². The van der Waals surface area contributed by atoms with Crippen LogP contribution in [0.5, 0.6) is 5.88 Å². The number of benzene rings is 1. The molecular formula is C12H11NO3. The molecule has 2 aromatic rings. The number of esters is 1. The summed E-state index contributed by atoms with van der Waals surface area (Å²) in [6, 6.07) is 7.59. The number of aromatic nitrogens is 1. The fourth-order valence-electron chi connectivity index (χ4n) is 1.52. The van der Waals surface area contributed by atoms with Crippen molar-refractivity contribution in [1.29, 1.82) is 0 Å². The molecule has 0 aliphatic carbocycles. The van der Waals surface area contributed by atoms with Gasteiger partial charge < -0.3 is 9.72 Å². The fourth-order valence-corrected chi connectivity index (χ4v) is 1.52. The van der Waals surface area contributed by atoms with E-state index in [1.54, 1.807) is 0 Å². The van der Waals surface area contributed by atoms with Gasteiger partial charge in [-0.3, -0.25) is 4.79 Å². The Morgan fingerprint density at radius 3 is 2.56 bits per heavy atom. The quantitative estimate of drug-likeness (QED) is 0.618. The number of hydrogen-bond donors (Lipinski definition) is 1. The third-order valence-corrected chi connectivity index (χ3v) is 2.40. The van der Waals surface area contributed by atoms with Crippen molar-refractivity contribution in [3.8, 4) is 5.88 Å². The van der Waals surface area contributed by atoms with E-state index in [0.717, 1.165) is 16.5 Å². The second kappa shape index (κ2) is 3.81. The summed E-state index contributed by atoms with van der Waals surface area (Å²) in [7, 11) is 0. The summed E-state index contributed by atoms with van der Waals surface area (Å²) in [5.41, 5.74) is 1.71. The number of aromatic amines is 1. The van der Waals surface area contributed by atoms with E-state index in [-0.39, 0.29) is 0 Å². The number of ketones is 1. The van der Waals surface area contributed by atoms with Gasteiger partial charge in [0, 0.05) is 23.4 Å². The summed E-state index contributed by atoms with van der Waals surface area (Å²) in [6.07, 6.45) is 0. The Hall–Kier alpha value is -2.10. The standard InChI is InChI=1S/C12H11NO3/c1-7-9-5-3-4-6-10(9)13-11(7)16-12(15)8(2)14/h3-6,13H,1-2H3. The van der Waals surface area contributed by atoms with Crippen LogP contribution in [0, 0.1) is 6.92 Å². The van der Waals surface area contributed by atoms with Gasteiger partial charge in [0.15, 0.2) is 0 Å². The first-order valence-corrected chi connectivity index (χ1v) is 4.89. The monoisotopic (exact) mass is 217 g/mol. The summed E-state index contributed by atoms with van der Waals surface area (Å²) in [6.45, 7) is 3.02. The van der Waals surface area contributed by atoms with Gasteiger partial charge in [-0.25, -0.2) is 4.79 Å². The largest absolute Gasteiger partial charge is 0.403 e. The Kier molecular flexibility index (Phi) is 2.48. The van der Waals surface area contributed by atoms with E-state index in [9.17, 15) is 9.59 Å². The van der Waals surface area contributed by atoms with E-state index in [4.69, 9.17) is 4.74 Å². The molecule has 0 atom stereocenters. The molecule has 0 radical (unpaired) electrons. The van der Waals surface area contributed by atoms with Gasteiger partial charge in [-0.2, -0.15) is 0 Å². The summed E-state index contributed by atoms with van der Waals surface area (Å²) < 4.78 is 4.95. The van der Waals surface area contributed by atoms with Gasteiger partial charge in [-0.05, 0) is 13.0 Å². The zero-order chi connectivity index (χ0) is 11.7. The topological polar surface area (TPSA) is 59.2 Å². The molecule has 4 nitrogen and oxygen atoms in total. The summed E-state index contributed by atoms with van der Waals surface area (Å²) in [5, 5.41) is 0.980. The van der Waals surface area contributed by atoms with Crippen LogP contribution in [0.2, 0.25) is 0 Å². The number of aryl methyl sites for hydroxylation is 1. The van der Waals surface area contributed by atoms with Gasteiger partial charge in [0.1, 0.15) is 0 Å². The maximum Gasteiger partial charge on any atom is 0.380 e. The number of hydrogen-bond acceptors (Lipinski definition) is 3. The van der Waals surface area contributed by atoms with Crippen molar-refractivity contribution in [2.75, 3.05) is 0 Å². The highest BCUT2D eigenvalue weighted by Crippen LogP contribution is 2.26. The lowest BCUT2D eigenvalue weighted by Crippen LogP contribution is -2.17. The second-order valence-electron chi connectivity index (χ2n) is 3.57. The van der Waals surface area contributed by atoms with Crippen LogP contribution < -0.4 is 4.74 Å². The summed E-state index contributed by atoms with van der Waals surface area (Å²) >= 11 is 0. The lowest BCUT2D eigenvalue weighted by atomic mass is 10.2. The molecule has 0 amide bonds. The molecule has 1 heterocycles. The molecule has 0 saturated carbocycles. The number of rotatable bonds is 2. The van der Waals surface area contributed by atoms with Gasteiger partial charge in [0.2, 0.25) is 11.7 Å². The highest BCUT2D eigenvalue weighted by atomic mass is 16.5. The zero-order valence-corrected chi connectivity index (χ0v) is 9.03. The van der Waals surface area contributed by atoms with Gasteiger partial charge in [0.25, 0.3) is 0 Å². The average molecular weight is 217 g/mol. The number of ether oxygens (including phenoxy) is 1. The Morgan fingerprint density at radius 2 is 1.94 bits per heavy atom. The van der Waals surface area contributed by atoms with Crippen LogP contribution in [0.25, 0.3) is 10.9 Å². The van der Waals surface area contributed by atoms with Crippen molar-refractivity contribution in [2.24, 2.45) is 0 Å². The van der Waals surface area contributed by atoms with Gasteiger partial charge in [0.05, 0.1) is 0 Å². The minimum Gasteiger partial charge on any atom is -0.403 e. The van der Waals surface area contributed by atoms with Crippen molar-refractivity contribution < 1.29 is 14.3 Å². The van der Waals surface area contributed by atoms with Gasteiger partial charge in [-0.15, -0.1) is 0 Å². The molecule has 2 rings (SSSR count). The van der Waals surface area contributed by atoms with E-state index in [0.29, 0.717) is 5.88 Å². The van der Waals surface area contributed by atoms with Gasteiger partial charge in [-0.1, -0.05) is 18.2 Å². The third kappa shape index (κ3) is 1.69. The van der Waals surface area contributed by atoms with Crippen LogP contribution in [0.15, 0.2) is 24.3 Å². The normalized spacial score (nSPS) is 10.4. The Balaban J connectivity index is 2.42. The second-order valence-corrected chi connectivity index (χ2v) is 3.57. The van der Waals surface area contributed by atoms with Gasteiger partial charge >= 0.3 is 5.97 Å². The fraction of sp³-hybridized carbons (Fsp3) is 0.167. The number of carbonyl (C=O) groups excluding carboxylic acids is 2. The lowest BCUT2D eigenvalue weighted by Gasteiger charge is -1.99. The predicted octanol–water partition coefficient (Wildman–Crippen LogP) is 1.97. The maximum atomic E-state index is 11.1. The van der Waals surface area contributed by atoms with Crippen LogP contribution in [0.1, 0.15) is 12.5 Å². The number of para-hydroxylation sites is 1. The molecule has 0 saturated heterocycles. The van der Waals surface area contributed by atoms with Crippen molar-refractivity contribution in [3.63, 3.8) is 0 Å². The van der Waals surface area contributed by atoms with Crippen LogP contribution >= 0.6 is 0 Å². The van der Waals surface area contributed by atoms with Crippen molar-refractivity contribution >= 4 is 22.7 Å². The molecule has 0 aliphatic rings. The predicted molar refractivity (Wildman–Crippen MR) is 59.4 cm³/mol. The average Bonchev–Trinajstić information content (AvgIpc) is 2.56. The minimum atomic E-state index is -0.852. The third-order valence-electron chi connectivity index (χ3n) is 2.40. The highest BCUT2D eigenvalue weighted by molar-refractivity contribution is 6.33. The molecule has 0 spiro atoms. The molecule has 4 heteroatoms. The Labute approximate surface area is 92.2 Å². The molecule has 1 aromatic carbocycles.